The lowest BCUT2D eigenvalue weighted by molar-refractivity contribution is -0.173. The number of aromatic nitrogens is 2. The molecule has 4 atom stereocenters. The van der Waals surface area contributed by atoms with Gasteiger partial charge in [-0.15, -0.1) is 0 Å². The number of amides is 1. The number of anilines is 1. The molecule has 0 aliphatic carbocycles. The normalized spacial score (nSPS) is 29.7. The van der Waals surface area contributed by atoms with E-state index >= 15 is 0 Å². The van der Waals surface area contributed by atoms with Crippen LogP contribution in [0.3, 0.4) is 0 Å². The molecular formula is C20H29F3N4O2. The number of halogens is 3. The monoisotopic (exact) mass is 414 g/mol. The van der Waals surface area contributed by atoms with Crippen molar-refractivity contribution in [1.29, 1.82) is 0 Å². The van der Waals surface area contributed by atoms with Gasteiger partial charge < -0.3 is 15.0 Å². The van der Waals surface area contributed by atoms with E-state index in [0.29, 0.717) is 37.3 Å². The van der Waals surface area contributed by atoms with E-state index in [4.69, 9.17) is 4.74 Å². The van der Waals surface area contributed by atoms with Gasteiger partial charge in [0, 0.05) is 31.7 Å². The van der Waals surface area contributed by atoms with Gasteiger partial charge in [0.15, 0.2) is 6.04 Å². The summed E-state index contributed by atoms with van der Waals surface area (Å²) in [6.45, 7) is 3.27. The minimum Gasteiger partial charge on any atom is -0.378 e. The molecule has 1 aromatic heterocycles. The van der Waals surface area contributed by atoms with E-state index in [0.717, 1.165) is 37.0 Å². The van der Waals surface area contributed by atoms with E-state index in [9.17, 15) is 18.0 Å². The van der Waals surface area contributed by atoms with Gasteiger partial charge in [-0.25, -0.2) is 4.68 Å². The minimum absolute atomic E-state index is 0.0250. The second-order valence-corrected chi connectivity index (χ2v) is 8.36. The highest BCUT2D eigenvalue weighted by Gasteiger charge is 2.46. The molecule has 0 spiro atoms. The smallest absolute Gasteiger partial charge is 0.378 e. The second-order valence-electron chi connectivity index (χ2n) is 8.36. The van der Waals surface area contributed by atoms with Gasteiger partial charge >= 0.3 is 6.18 Å². The Morgan fingerprint density at radius 2 is 2.17 bits per heavy atom. The fourth-order valence-electron chi connectivity index (χ4n) is 4.77. The third-order valence-electron chi connectivity index (χ3n) is 6.40. The van der Waals surface area contributed by atoms with Gasteiger partial charge in [0.05, 0.1) is 17.8 Å². The maximum Gasteiger partial charge on any atom is 0.410 e. The predicted molar refractivity (Wildman–Crippen MR) is 102 cm³/mol. The zero-order chi connectivity index (χ0) is 20.6. The van der Waals surface area contributed by atoms with Crippen LogP contribution in [0.5, 0.6) is 0 Å². The number of hydrogen-bond acceptors (Lipinski definition) is 4. The van der Waals surface area contributed by atoms with Crippen molar-refractivity contribution in [2.75, 3.05) is 18.5 Å². The highest BCUT2D eigenvalue weighted by Crippen LogP contribution is 2.42. The molecule has 0 bridgehead atoms. The van der Waals surface area contributed by atoms with Crippen LogP contribution in [0.1, 0.15) is 76.1 Å². The molecule has 29 heavy (non-hydrogen) atoms. The van der Waals surface area contributed by atoms with Crippen molar-refractivity contribution >= 4 is 11.7 Å². The number of hydrogen-bond donors (Lipinski definition) is 1. The zero-order valence-electron chi connectivity index (χ0n) is 16.7. The molecule has 1 aromatic rings. The molecule has 1 N–H and O–H groups in total. The number of carbonyl (C=O) groups excluding carboxylic acids is 1. The number of carbonyl (C=O) groups is 1. The molecule has 2 fully saturated rings. The molecule has 9 heteroatoms. The SMILES string of the molecule is CC[C@@H]1C[C@H](C(F)(F)F)n2nc(C3CCCN3C(=O)CCC3CCCO3)cc2N1. The molecule has 4 rings (SSSR count). The Morgan fingerprint density at radius 3 is 2.86 bits per heavy atom. The summed E-state index contributed by atoms with van der Waals surface area (Å²) in [4.78, 5) is 14.6. The van der Waals surface area contributed by atoms with E-state index in [1.807, 2.05) is 6.92 Å². The Balaban J connectivity index is 1.50. The van der Waals surface area contributed by atoms with Crippen molar-refractivity contribution in [2.24, 2.45) is 0 Å². The number of rotatable bonds is 5. The number of likely N-dealkylation sites (tertiary alicyclic amines) is 1. The van der Waals surface area contributed by atoms with Crippen molar-refractivity contribution < 1.29 is 22.7 Å². The maximum absolute atomic E-state index is 13.6. The lowest BCUT2D eigenvalue weighted by atomic mass is 10.0. The van der Waals surface area contributed by atoms with E-state index < -0.39 is 12.2 Å². The molecule has 0 aromatic carbocycles. The lowest BCUT2D eigenvalue weighted by Crippen LogP contribution is -2.39. The van der Waals surface area contributed by atoms with Gasteiger partial charge in [0.2, 0.25) is 5.91 Å². The first-order valence-electron chi connectivity index (χ1n) is 10.7. The van der Waals surface area contributed by atoms with Crippen molar-refractivity contribution in [3.63, 3.8) is 0 Å². The number of ether oxygens (including phenoxy) is 1. The summed E-state index contributed by atoms with van der Waals surface area (Å²) < 4.78 is 47.5. The maximum atomic E-state index is 13.6. The summed E-state index contributed by atoms with van der Waals surface area (Å²) in [6, 6.07) is -0.397. The number of nitrogens with zero attached hydrogens (tertiary/aromatic N) is 3. The van der Waals surface area contributed by atoms with Crippen LogP contribution in [0.4, 0.5) is 19.0 Å². The zero-order valence-corrected chi connectivity index (χ0v) is 16.7. The van der Waals surface area contributed by atoms with Crippen LogP contribution in [-0.2, 0) is 9.53 Å². The molecule has 6 nitrogen and oxygen atoms in total. The lowest BCUT2D eigenvalue weighted by Gasteiger charge is -2.32. The van der Waals surface area contributed by atoms with Gasteiger partial charge in [-0.1, -0.05) is 6.92 Å². The third kappa shape index (κ3) is 4.25. The van der Waals surface area contributed by atoms with Crippen molar-refractivity contribution in [3.8, 4) is 0 Å². The molecule has 0 saturated carbocycles. The second kappa shape index (κ2) is 8.16. The van der Waals surface area contributed by atoms with Crippen LogP contribution >= 0.6 is 0 Å². The summed E-state index contributed by atoms with van der Waals surface area (Å²) in [7, 11) is 0. The predicted octanol–water partition coefficient (Wildman–Crippen LogP) is 4.20. The number of fused-ring (bicyclic) bond motifs is 1. The molecule has 1 amide bonds. The minimum atomic E-state index is -4.35. The van der Waals surface area contributed by atoms with E-state index in [2.05, 4.69) is 10.4 Å². The average Bonchev–Trinajstić information content (AvgIpc) is 3.43. The van der Waals surface area contributed by atoms with Crippen LogP contribution in [0.15, 0.2) is 6.07 Å². The fourth-order valence-corrected chi connectivity index (χ4v) is 4.77. The van der Waals surface area contributed by atoms with Gasteiger partial charge in [0.1, 0.15) is 5.82 Å². The summed E-state index contributed by atoms with van der Waals surface area (Å²) in [5, 5.41) is 7.51. The molecule has 3 aliphatic heterocycles. The first-order valence-corrected chi connectivity index (χ1v) is 10.7. The first kappa shape index (κ1) is 20.5. The van der Waals surface area contributed by atoms with Gasteiger partial charge in [-0.05, 0) is 44.9 Å². The standard InChI is InChI=1S/C20H29F3N4O2/c1-2-13-11-17(20(21,22)23)27-18(24-13)12-15(25-27)16-6-3-9-26(16)19(28)8-7-14-5-4-10-29-14/h12-14,16-17,24H,2-11H2,1H3/t13-,14?,16?,17-/m1/s1. The average molecular weight is 414 g/mol. The largest absolute Gasteiger partial charge is 0.410 e. The Hall–Kier alpha value is -1.77. The van der Waals surface area contributed by atoms with Crippen molar-refractivity contribution in [1.82, 2.24) is 14.7 Å². The molecule has 2 unspecified atom stereocenters. The van der Waals surface area contributed by atoms with Crippen molar-refractivity contribution in [2.45, 2.75) is 88.7 Å². The highest BCUT2D eigenvalue weighted by atomic mass is 19.4. The summed E-state index contributed by atoms with van der Waals surface area (Å²) >= 11 is 0. The first-order chi connectivity index (χ1) is 13.9. The molecule has 162 valence electrons. The van der Waals surface area contributed by atoms with E-state index in [1.54, 1.807) is 11.0 Å². The van der Waals surface area contributed by atoms with Crippen LogP contribution in [-0.4, -0.2) is 52.1 Å². The third-order valence-corrected chi connectivity index (χ3v) is 6.40. The summed E-state index contributed by atoms with van der Waals surface area (Å²) in [5.41, 5.74) is 0.557. The Labute approximate surface area is 168 Å². The number of alkyl halides is 3. The van der Waals surface area contributed by atoms with Gasteiger partial charge in [-0.3, -0.25) is 4.79 Å². The Kier molecular flexibility index (Phi) is 5.77. The Bertz CT molecular complexity index is 730. The van der Waals surface area contributed by atoms with Crippen LogP contribution < -0.4 is 5.32 Å². The number of nitrogens with one attached hydrogen (secondary N) is 1. The quantitative estimate of drug-likeness (QED) is 0.784. The van der Waals surface area contributed by atoms with E-state index in [1.165, 1.54) is 0 Å². The van der Waals surface area contributed by atoms with Crippen molar-refractivity contribution in [3.05, 3.63) is 11.8 Å². The van der Waals surface area contributed by atoms with Crippen LogP contribution in [0, 0.1) is 0 Å². The molecule has 4 heterocycles. The van der Waals surface area contributed by atoms with Gasteiger partial charge in [-0.2, -0.15) is 18.3 Å². The van der Waals surface area contributed by atoms with Gasteiger partial charge in [0.25, 0.3) is 0 Å². The summed E-state index contributed by atoms with van der Waals surface area (Å²) in [5.74, 6) is 0.444. The topological polar surface area (TPSA) is 59.4 Å². The molecule has 3 aliphatic rings. The molecule has 2 saturated heterocycles. The molecule has 0 radical (unpaired) electrons. The van der Waals surface area contributed by atoms with E-state index in [-0.39, 0.29) is 30.5 Å². The van der Waals surface area contributed by atoms with Crippen LogP contribution in [0.25, 0.3) is 0 Å². The molecular weight excluding hydrogens is 385 g/mol. The van der Waals surface area contributed by atoms with Crippen LogP contribution in [0.2, 0.25) is 0 Å². The fraction of sp³-hybridized carbons (Fsp3) is 0.800. The Morgan fingerprint density at radius 1 is 1.34 bits per heavy atom. The summed E-state index contributed by atoms with van der Waals surface area (Å²) in [6.07, 6.45) is 1.12. The highest BCUT2D eigenvalue weighted by molar-refractivity contribution is 5.77.